The van der Waals surface area contributed by atoms with E-state index in [2.05, 4.69) is 20.3 Å². The molecule has 36 heavy (non-hydrogen) atoms. The molecule has 4 N–H and O–H groups in total. The molecule has 0 fully saturated rings. The number of rotatable bonds is 8. The van der Waals surface area contributed by atoms with Gasteiger partial charge in [-0.25, -0.2) is 13.1 Å². The van der Waals surface area contributed by atoms with E-state index >= 15 is 0 Å². The second-order valence-electron chi connectivity index (χ2n) is 9.55. The third-order valence-corrected chi connectivity index (χ3v) is 7.99. The van der Waals surface area contributed by atoms with Gasteiger partial charge in [-0.1, -0.05) is 19.1 Å². The van der Waals surface area contributed by atoms with Crippen LogP contribution in [-0.2, 0) is 22.9 Å². The van der Waals surface area contributed by atoms with E-state index < -0.39 is 27.7 Å². The molecule has 0 saturated heterocycles. The van der Waals surface area contributed by atoms with Gasteiger partial charge in [0.25, 0.3) is 5.91 Å². The van der Waals surface area contributed by atoms with Crippen molar-refractivity contribution in [1.82, 2.24) is 15.0 Å². The summed E-state index contributed by atoms with van der Waals surface area (Å²) < 4.78 is 29.2. The van der Waals surface area contributed by atoms with E-state index in [1.807, 2.05) is 19.1 Å². The number of sulfonamides is 1. The number of aliphatic hydroxyl groups excluding tert-OH is 1. The second kappa shape index (κ2) is 10.4. The van der Waals surface area contributed by atoms with Crippen molar-refractivity contribution in [2.75, 3.05) is 11.9 Å². The first-order valence-corrected chi connectivity index (χ1v) is 13.5. The van der Waals surface area contributed by atoms with E-state index in [-0.39, 0.29) is 10.8 Å². The van der Waals surface area contributed by atoms with Gasteiger partial charge in [0.1, 0.15) is 0 Å². The van der Waals surface area contributed by atoms with Gasteiger partial charge in [0.05, 0.1) is 22.6 Å². The zero-order chi connectivity index (χ0) is 25.9. The van der Waals surface area contributed by atoms with Crippen molar-refractivity contribution >= 4 is 21.6 Å². The van der Waals surface area contributed by atoms with Gasteiger partial charge < -0.3 is 15.7 Å². The molecule has 3 aromatic rings. The number of carbonyl (C=O) groups excluding carboxylic acids is 1. The number of nitrogens with one attached hydrogen (secondary N) is 3. The van der Waals surface area contributed by atoms with E-state index in [9.17, 15) is 18.3 Å². The molecule has 1 amide bonds. The molecule has 4 rings (SSSR count). The van der Waals surface area contributed by atoms with Gasteiger partial charge in [0.15, 0.2) is 0 Å². The Kier molecular flexibility index (Phi) is 7.44. The SMILES string of the molecule is CCc1ccc(S(=O)(=O)N[C@@H]2c3cc(C(=O)NCCc4ccncc4)ccc3NC(C)(C)[C@H]2O)cc1. The molecule has 8 nitrogen and oxygen atoms in total. The fourth-order valence-electron chi connectivity index (χ4n) is 4.32. The molecule has 0 unspecified atom stereocenters. The maximum atomic E-state index is 13.2. The van der Waals surface area contributed by atoms with Crippen molar-refractivity contribution in [3.8, 4) is 0 Å². The summed E-state index contributed by atoms with van der Waals surface area (Å²) in [4.78, 5) is 17.0. The lowest BCUT2D eigenvalue weighted by Gasteiger charge is -2.43. The number of hydrogen-bond acceptors (Lipinski definition) is 6. The summed E-state index contributed by atoms with van der Waals surface area (Å²) in [5.41, 5.74) is 2.84. The minimum Gasteiger partial charge on any atom is -0.389 e. The lowest BCUT2D eigenvalue weighted by molar-refractivity contribution is 0.0769. The van der Waals surface area contributed by atoms with Crippen LogP contribution in [0.1, 0.15) is 53.9 Å². The number of fused-ring (bicyclic) bond motifs is 1. The highest BCUT2D eigenvalue weighted by atomic mass is 32.2. The number of pyridine rings is 1. The second-order valence-corrected chi connectivity index (χ2v) is 11.3. The van der Waals surface area contributed by atoms with Crippen LogP contribution in [0.4, 0.5) is 5.69 Å². The zero-order valence-corrected chi connectivity index (χ0v) is 21.5. The third-order valence-electron chi connectivity index (χ3n) is 6.53. The summed E-state index contributed by atoms with van der Waals surface area (Å²) in [5.74, 6) is -0.275. The molecular weight excluding hydrogens is 476 g/mol. The topological polar surface area (TPSA) is 120 Å². The first-order valence-electron chi connectivity index (χ1n) is 12.0. The van der Waals surface area contributed by atoms with Crippen LogP contribution < -0.4 is 15.4 Å². The number of hydrogen-bond donors (Lipinski definition) is 4. The fourth-order valence-corrected chi connectivity index (χ4v) is 5.54. The zero-order valence-electron chi connectivity index (χ0n) is 20.7. The fraction of sp³-hybridized carbons (Fsp3) is 0.333. The van der Waals surface area contributed by atoms with Crippen LogP contribution in [0.2, 0.25) is 0 Å². The monoisotopic (exact) mass is 508 g/mol. The van der Waals surface area contributed by atoms with Gasteiger partial charge in [-0.05, 0) is 85.8 Å². The van der Waals surface area contributed by atoms with Crippen LogP contribution in [0.5, 0.6) is 0 Å². The predicted molar refractivity (Wildman–Crippen MR) is 139 cm³/mol. The standard InChI is InChI=1S/C27H32N4O4S/c1-4-18-5-8-21(9-6-18)36(34,35)31-24-22-17-20(7-10-23(22)30-27(2,3)25(24)32)26(33)29-16-13-19-11-14-28-15-12-19/h5-12,14-15,17,24-25,30-32H,4,13,16H2,1-3H3,(H,29,33)/t24-,25+/m1/s1. The molecule has 2 aromatic carbocycles. The van der Waals surface area contributed by atoms with E-state index in [1.54, 1.807) is 68.7 Å². The molecular formula is C27H32N4O4S. The van der Waals surface area contributed by atoms with Gasteiger partial charge >= 0.3 is 0 Å². The Balaban J connectivity index is 1.58. The Bertz CT molecular complexity index is 1330. The first-order chi connectivity index (χ1) is 17.1. The lowest BCUT2D eigenvalue weighted by Crippen LogP contribution is -2.54. The lowest BCUT2D eigenvalue weighted by atomic mass is 9.82. The Hall–Kier alpha value is -3.27. The first kappa shape index (κ1) is 25.8. The number of aryl methyl sites for hydroxylation is 1. The highest BCUT2D eigenvalue weighted by molar-refractivity contribution is 7.89. The number of amides is 1. The molecule has 0 radical (unpaired) electrons. The number of benzene rings is 2. The maximum Gasteiger partial charge on any atom is 0.251 e. The van der Waals surface area contributed by atoms with E-state index in [4.69, 9.17) is 0 Å². The summed E-state index contributed by atoms with van der Waals surface area (Å²) in [7, 11) is -3.93. The van der Waals surface area contributed by atoms with Crippen LogP contribution >= 0.6 is 0 Å². The largest absolute Gasteiger partial charge is 0.389 e. The van der Waals surface area contributed by atoms with Crippen molar-refractivity contribution in [2.24, 2.45) is 0 Å². The summed E-state index contributed by atoms with van der Waals surface area (Å²) in [6, 6.07) is 14.6. The molecule has 1 aromatic heterocycles. The summed E-state index contributed by atoms with van der Waals surface area (Å²) in [5, 5.41) is 17.3. The number of anilines is 1. The average molecular weight is 509 g/mol. The highest BCUT2D eigenvalue weighted by Crippen LogP contribution is 2.39. The van der Waals surface area contributed by atoms with Crippen LogP contribution in [-0.4, -0.2) is 42.6 Å². The molecule has 190 valence electrons. The minimum absolute atomic E-state index is 0.120. The number of nitrogens with zero attached hydrogens (tertiary/aromatic N) is 1. The van der Waals surface area contributed by atoms with E-state index in [0.29, 0.717) is 29.8 Å². The van der Waals surface area contributed by atoms with Crippen LogP contribution in [0.15, 0.2) is 71.9 Å². The van der Waals surface area contributed by atoms with Crippen LogP contribution in [0.25, 0.3) is 0 Å². The molecule has 2 heterocycles. The summed E-state index contributed by atoms with van der Waals surface area (Å²) in [6.45, 7) is 6.05. The van der Waals surface area contributed by atoms with Crippen molar-refractivity contribution in [3.05, 3.63) is 89.2 Å². The number of carbonyl (C=O) groups is 1. The Morgan fingerprint density at radius 3 is 2.42 bits per heavy atom. The van der Waals surface area contributed by atoms with Crippen molar-refractivity contribution < 1.29 is 18.3 Å². The quantitative estimate of drug-likeness (QED) is 0.371. The van der Waals surface area contributed by atoms with Gasteiger partial charge in [-0.15, -0.1) is 0 Å². The van der Waals surface area contributed by atoms with Crippen LogP contribution in [0.3, 0.4) is 0 Å². The van der Waals surface area contributed by atoms with Gasteiger partial charge in [0, 0.05) is 30.2 Å². The van der Waals surface area contributed by atoms with Crippen molar-refractivity contribution in [2.45, 2.75) is 56.2 Å². The average Bonchev–Trinajstić information content (AvgIpc) is 2.87. The van der Waals surface area contributed by atoms with Gasteiger partial charge in [0.2, 0.25) is 10.0 Å². The van der Waals surface area contributed by atoms with Crippen molar-refractivity contribution in [1.29, 1.82) is 0 Å². The smallest absolute Gasteiger partial charge is 0.251 e. The van der Waals surface area contributed by atoms with Crippen LogP contribution in [0, 0.1) is 0 Å². The van der Waals surface area contributed by atoms with E-state index in [0.717, 1.165) is 17.5 Å². The molecule has 0 spiro atoms. The normalized spacial score (nSPS) is 18.7. The third kappa shape index (κ3) is 5.59. The molecule has 0 aliphatic carbocycles. The Labute approximate surface area is 212 Å². The number of aromatic nitrogens is 1. The highest BCUT2D eigenvalue weighted by Gasteiger charge is 2.43. The molecule has 1 aliphatic rings. The van der Waals surface area contributed by atoms with E-state index in [1.165, 1.54) is 0 Å². The molecule has 9 heteroatoms. The Morgan fingerprint density at radius 1 is 1.06 bits per heavy atom. The molecule has 2 atom stereocenters. The van der Waals surface area contributed by atoms with Crippen molar-refractivity contribution in [3.63, 3.8) is 0 Å². The molecule has 1 aliphatic heterocycles. The summed E-state index contributed by atoms with van der Waals surface area (Å²) >= 11 is 0. The summed E-state index contributed by atoms with van der Waals surface area (Å²) in [6.07, 6.45) is 3.79. The molecule has 0 bridgehead atoms. The maximum absolute atomic E-state index is 13.2. The Morgan fingerprint density at radius 2 is 1.75 bits per heavy atom. The van der Waals surface area contributed by atoms with Gasteiger partial charge in [-0.2, -0.15) is 0 Å². The van der Waals surface area contributed by atoms with Gasteiger partial charge in [-0.3, -0.25) is 9.78 Å². The predicted octanol–water partition coefficient (Wildman–Crippen LogP) is 3.20. The minimum atomic E-state index is -3.93. The number of aliphatic hydroxyl groups is 1. The molecule has 0 saturated carbocycles.